The van der Waals surface area contributed by atoms with E-state index >= 15 is 0 Å². The Morgan fingerprint density at radius 1 is 1.00 bits per heavy atom. The molecule has 0 aliphatic heterocycles. The smallest absolute Gasteiger partial charge is 0.416 e. The van der Waals surface area contributed by atoms with Gasteiger partial charge in [-0.3, -0.25) is 9.59 Å². The van der Waals surface area contributed by atoms with Crippen molar-refractivity contribution < 1.29 is 22.7 Å². The van der Waals surface area contributed by atoms with Crippen LogP contribution in [-0.4, -0.2) is 27.3 Å². The van der Waals surface area contributed by atoms with E-state index in [0.29, 0.717) is 23.3 Å². The summed E-state index contributed by atoms with van der Waals surface area (Å²) in [6.45, 7) is 2.21. The third-order valence-electron chi connectivity index (χ3n) is 5.15. The monoisotopic (exact) mass is 467 g/mol. The minimum absolute atomic E-state index is 0.00436. The largest absolute Gasteiger partial charge is 0.457 e. The second-order valence-electron chi connectivity index (χ2n) is 7.50. The van der Waals surface area contributed by atoms with E-state index in [0.717, 1.165) is 12.1 Å². The zero-order valence-electron chi connectivity index (χ0n) is 18.1. The molecule has 0 atom stereocenters. The number of carbonyl (C=O) groups is 1. The number of para-hydroxylation sites is 1. The Kier molecular flexibility index (Phi) is 6.36. The summed E-state index contributed by atoms with van der Waals surface area (Å²) >= 11 is 0. The second-order valence-corrected chi connectivity index (χ2v) is 7.50. The number of H-pyrrole nitrogens is 1. The Bertz CT molecular complexity index is 1400. The first-order chi connectivity index (χ1) is 16.2. The maximum absolute atomic E-state index is 13.1. The number of amides is 1. The lowest BCUT2D eigenvalue weighted by Crippen LogP contribution is -2.32. The van der Waals surface area contributed by atoms with Gasteiger partial charge in [-0.25, -0.2) is 4.98 Å². The van der Waals surface area contributed by atoms with Gasteiger partial charge in [-0.15, -0.1) is 0 Å². The third kappa shape index (κ3) is 5.09. The molecular weight excluding hydrogens is 447 g/mol. The number of benzene rings is 3. The maximum atomic E-state index is 13.1. The number of aromatic nitrogens is 2. The van der Waals surface area contributed by atoms with Crippen molar-refractivity contribution in [1.82, 2.24) is 14.9 Å². The molecule has 174 valence electrons. The molecule has 6 nitrogen and oxygen atoms in total. The van der Waals surface area contributed by atoms with E-state index in [1.54, 1.807) is 49.4 Å². The molecule has 34 heavy (non-hydrogen) atoms. The van der Waals surface area contributed by atoms with Crippen LogP contribution in [0.25, 0.3) is 10.9 Å². The number of hydrogen-bond acceptors (Lipinski definition) is 4. The SMILES string of the molecule is CCN(Cc1nc2ccccc2c(=O)[nH]1)C(=O)c1cccc(Oc2cccc(C(F)(F)F)c2)c1. The number of ether oxygens (including phenoxy) is 1. The molecule has 0 bridgehead atoms. The average molecular weight is 467 g/mol. The predicted molar refractivity (Wildman–Crippen MR) is 121 cm³/mol. The number of alkyl halides is 3. The first-order valence-electron chi connectivity index (χ1n) is 10.5. The molecule has 9 heteroatoms. The zero-order valence-corrected chi connectivity index (χ0v) is 18.1. The predicted octanol–water partition coefficient (Wildman–Crippen LogP) is 5.40. The molecule has 0 radical (unpaired) electrons. The highest BCUT2D eigenvalue weighted by atomic mass is 19.4. The molecule has 0 saturated heterocycles. The van der Waals surface area contributed by atoms with E-state index in [-0.39, 0.29) is 35.1 Å². The van der Waals surface area contributed by atoms with Crippen molar-refractivity contribution in [3.8, 4) is 11.5 Å². The van der Waals surface area contributed by atoms with Gasteiger partial charge in [0.25, 0.3) is 11.5 Å². The lowest BCUT2D eigenvalue weighted by Gasteiger charge is -2.21. The summed E-state index contributed by atoms with van der Waals surface area (Å²) in [5.41, 5.74) is -0.303. The van der Waals surface area contributed by atoms with Gasteiger partial charge in [0.2, 0.25) is 0 Å². The Hall–Kier alpha value is -4.14. The summed E-state index contributed by atoms with van der Waals surface area (Å²) in [6.07, 6.45) is -4.49. The molecule has 0 fully saturated rings. The number of nitrogens with zero attached hydrogens (tertiary/aromatic N) is 2. The summed E-state index contributed by atoms with van der Waals surface area (Å²) < 4.78 is 44.5. The molecule has 1 amide bonds. The van der Waals surface area contributed by atoms with E-state index in [9.17, 15) is 22.8 Å². The molecule has 0 unspecified atom stereocenters. The van der Waals surface area contributed by atoms with Crippen molar-refractivity contribution >= 4 is 16.8 Å². The molecular formula is C25H20F3N3O3. The summed E-state index contributed by atoms with van der Waals surface area (Å²) in [5.74, 6) is 0.228. The van der Waals surface area contributed by atoms with Crippen LogP contribution in [0.3, 0.4) is 0 Å². The standard InChI is InChI=1S/C25H20F3N3O3/c1-2-31(15-22-29-21-12-4-3-11-20(21)23(32)30-22)24(33)16-7-5-9-18(13-16)34-19-10-6-8-17(14-19)25(26,27)28/h3-14H,2,15H2,1H3,(H,29,30,32). The Labute approximate surface area is 192 Å². The normalized spacial score (nSPS) is 11.4. The van der Waals surface area contributed by atoms with Crippen LogP contribution in [0.1, 0.15) is 28.7 Å². The third-order valence-corrected chi connectivity index (χ3v) is 5.15. The van der Waals surface area contributed by atoms with Gasteiger partial charge >= 0.3 is 6.18 Å². The number of halogens is 3. The van der Waals surface area contributed by atoms with E-state index in [4.69, 9.17) is 4.74 Å². The van der Waals surface area contributed by atoms with Crippen molar-refractivity contribution in [2.24, 2.45) is 0 Å². The highest BCUT2D eigenvalue weighted by molar-refractivity contribution is 5.94. The average Bonchev–Trinajstić information content (AvgIpc) is 2.82. The van der Waals surface area contributed by atoms with Crippen molar-refractivity contribution in [2.45, 2.75) is 19.6 Å². The molecule has 4 rings (SSSR count). The number of nitrogens with one attached hydrogen (secondary N) is 1. The Morgan fingerprint density at radius 3 is 2.44 bits per heavy atom. The molecule has 0 aliphatic carbocycles. The lowest BCUT2D eigenvalue weighted by molar-refractivity contribution is -0.137. The number of aromatic amines is 1. The summed E-state index contributed by atoms with van der Waals surface area (Å²) in [6, 6.07) is 17.6. The minimum Gasteiger partial charge on any atom is -0.457 e. The van der Waals surface area contributed by atoms with Crippen LogP contribution in [0.5, 0.6) is 11.5 Å². The van der Waals surface area contributed by atoms with E-state index < -0.39 is 11.7 Å². The molecule has 0 saturated carbocycles. The second kappa shape index (κ2) is 9.38. The molecule has 4 aromatic rings. The molecule has 1 N–H and O–H groups in total. The molecule has 1 heterocycles. The van der Waals surface area contributed by atoms with Gasteiger partial charge in [0, 0.05) is 12.1 Å². The molecule has 0 aliphatic rings. The van der Waals surface area contributed by atoms with Crippen molar-refractivity contribution in [3.63, 3.8) is 0 Å². The van der Waals surface area contributed by atoms with Gasteiger partial charge in [-0.2, -0.15) is 13.2 Å². The van der Waals surface area contributed by atoms with Crippen LogP contribution in [-0.2, 0) is 12.7 Å². The topological polar surface area (TPSA) is 75.3 Å². The van der Waals surface area contributed by atoms with Crippen LogP contribution < -0.4 is 10.3 Å². The fourth-order valence-corrected chi connectivity index (χ4v) is 3.46. The Balaban J connectivity index is 1.54. The highest BCUT2D eigenvalue weighted by Gasteiger charge is 2.30. The highest BCUT2D eigenvalue weighted by Crippen LogP contribution is 2.32. The number of carbonyl (C=O) groups excluding carboxylic acids is 1. The molecule has 1 aromatic heterocycles. The fraction of sp³-hybridized carbons (Fsp3) is 0.160. The summed E-state index contributed by atoms with van der Waals surface area (Å²) in [4.78, 5) is 34.1. The van der Waals surface area contributed by atoms with Crippen LogP contribution in [0.4, 0.5) is 13.2 Å². The number of fused-ring (bicyclic) bond motifs is 1. The first-order valence-corrected chi connectivity index (χ1v) is 10.5. The number of hydrogen-bond donors (Lipinski definition) is 1. The minimum atomic E-state index is -4.49. The van der Waals surface area contributed by atoms with Crippen LogP contribution in [0, 0.1) is 0 Å². The maximum Gasteiger partial charge on any atom is 0.416 e. The van der Waals surface area contributed by atoms with E-state index in [1.165, 1.54) is 23.1 Å². The lowest BCUT2D eigenvalue weighted by atomic mass is 10.1. The Morgan fingerprint density at radius 2 is 1.71 bits per heavy atom. The number of rotatable bonds is 6. The van der Waals surface area contributed by atoms with Gasteiger partial charge in [0.05, 0.1) is 23.0 Å². The molecule has 0 spiro atoms. The van der Waals surface area contributed by atoms with Gasteiger partial charge in [0.15, 0.2) is 0 Å². The van der Waals surface area contributed by atoms with Crippen molar-refractivity contribution in [1.29, 1.82) is 0 Å². The molecule has 3 aromatic carbocycles. The van der Waals surface area contributed by atoms with Crippen LogP contribution in [0.15, 0.2) is 77.6 Å². The van der Waals surface area contributed by atoms with Crippen molar-refractivity contribution in [3.05, 3.63) is 100 Å². The van der Waals surface area contributed by atoms with E-state index in [2.05, 4.69) is 9.97 Å². The van der Waals surface area contributed by atoms with Gasteiger partial charge in [-0.1, -0.05) is 24.3 Å². The van der Waals surface area contributed by atoms with Gasteiger partial charge < -0.3 is 14.6 Å². The van der Waals surface area contributed by atoms with Gasteiger partial charge in [0.1, 0.15) is 17.3 Å². The first kappa shape index (κ1) is 23.0. The van der Waals surface area contributed by atoms with Gasteiger partial charge in [-0.05, 0) is 55.5 Å². The van der Waals surface area contributed by atoms with Crippen LogP contribution >= 0.6 is 0 Å². The summed E-state index contributed by atoms with van der Waals surface area (Å²) in [5, 5.41) is 0.458. The van der Waals surface area contributed by atoms with Crippen molar-refractivity contribution in [2.75, 3.05) is 6.54 Å². The quantitative estimate of drug-likeness (QED) is 0.412. The zero-order chi connectivity index (χ0) is 24.3. The summed E-state index contributed by atoms with van der Waals surface area (Å²) in [7, 11) is 0. The van der Waals surface area contributed by atoms with E-state index in [1.807, 2.05) is 0 Å². The fourth-order valence-electron chi connectivity index (χ4n) is 3.46. The van der Waals surface area contributed by atoms with Crippen LogP contribution in [0.2, 0.25) is 0 Å².